The van der Waals surface area contributed by atoms with Gasteiger partial charge in [-0.1, -0.05) is 0 Å². The molecule has 0 spiro atoms. The molecule has 4 heterocycles. The second-order valence-corrected chi connectivity index (χ2v) is 6.39. The molecule has 108 valence electrons. The number of rotatable bonds is 6. The van der Waals surface area contributed by atoms with Crippen molar-refractivity contribution >= 4 is 0 Å². The van der Waals surface area contributed by atoms with Crippen molar-refractivity contribution in [1.29, 1.82) is 0 Å². The maximum Gasteiger partial charge on any atom is 0.117 e. The Morgan fingerprint density at radius 3 is 1.95 bits per heavy atom. The summed E-state index contributed by atoms with van der Waals surface area (Å²) in [5.74, 6) is 0.567. The Morgan fingerprint density at radius 1 is 0.947 bits per heavy atom. The number of epoxide rings is 2. The summed E-state index contributed by atoms with van der Waals surface area (Å²) in [5, 5.41) is 0. The SMILES string of the molecule is CC12OCC(CC1OCC1CO1)CC2OCC1CO1. The molecule has 0 amide bonds. The van der Waals surface area contributed by atoms with Crippen molar-refractivity contribution in [2.75, 3.05) is 33.0 Å². The van der Waals surface area contributed by atoms with E-state index in [4.69, 9.17) is 23.7 Å². The molecule has 5 nitrogen and oxygen atoms in total. The summed E-state index contributed by atoms with van der Waals surface area (Å²) in [4.78, 5) is 0. The largest absolute Gasteiger partial charge is 0.372 e. The highest BCUT2D eigenvalue weighted by Crippen LogP contribution is 2.44. The van der Waals surface area contributed by atoms with E-state index < -0.39 is 0 Å². The van der Waals surface area contributed by atoms with Crippen molar-refractivity contribution in [1.82, 2.24) is 0 Å². The summed E-state index contributed by atoms with van der Waals surface area (Å²) in [6.07, 6.45) is 3.06. The quantitative estimate of drug-likeness (QED) is 0.667. The van der Waals surface area contributed by atoms with Gasteiger partial charge < -0.3 is 23.7 Å². The van der Waals surface area contributed by atoms with Crippen LogP contribution in [0.1, 0.15) is 19.8 Å². The third-order valence-electron chi connectivity index (χ3n) is 4.77. The molecule has 4 aliphatic heterocycles. The lowest BCUT2D eigenvalue weighted by Crippen LogP contribution is -2.63. The van der Waals surface area contributed by atoms with Crippen LogP contribution < -0.4 is 0 Å². The van der Waals surface area contributed by atoms with Crippen LogP contribution in [0.5, 0.6) is 0 Å². The summed E-state index contributed by atoms with van der Waals surface area (Å²) in [6.45, 7) is 6.04. The second-order valence-electron chi connectivity index (χ2n) is 6.39. The van der Waals surface area contributed by atoms with Gasteiger partial charge in [0.1, 0.15) is 17.8 Å². The Morgan fingerprint density at radius 2 is 1.47 bits per heavy atom. The van der Waals surface area contributed by atoms with E-state index in [0.29, 0.717) is 31.3 Å². The third-order valence-corrected chi connectivity index (χ3v) is 4.77. The molecule has 1 saturated carbocycles. The Balaban J connectivity index is 1.39. The minimum absolute atomic E-state index is 0.134. The average Bonchev–Trinajstić information content (AvgIpc) is 3.28. The van der Waals surface area contributed by atoms with E-state index in [9.17, 15) is 0 Å². The van der Waals surface area contributed by atoms with Gasteiger partial charge in [0, 0.05) is 0 Å². The van der Waals surface area contributed by atoms with E-state index in [0.717, 1.165) is 32.7 Å². The maximum absolute atomic E-state index is 6.06. The lowest BCUT2D eigenvalue weighted by atomic mass is 9.72. The number of fused-ring (bicyclic) bond motifs is 3. The van der Waals surface area contributed by atoms with Crippen molar-refractivity contribution in [3.05, 3.63) is 0 Å². The minimum Gasteiger partial charge on any atom is -0.372 e. The average molecular weight is 270 g/mol. The predicted octanol–water partition coefficient (Wildman–Crippen LogP) is 0.753. The summed E-state index contributed by atoms with van der Waals surface area (Å²) < 4.78 is 28.6. The molecule has 1 aliphatic carbocycles. The van der Waals surface area contributed by atoms with Gasteiger partial charge in [-0.2, -0.15) is 0 Å². The molecule has 4 unspecified atom stereocenters. The lowest BCUT2D eigenvalue weighted by molar-refractivity contribution is -0.271. The Kier molecular flexibility index (Phi) is 3.08. The van der Waals surface area contributed by atoms with Gasteiger partial charge in [-0.25, -0.2) is 0 Å². The van der Waals surface area contributed by atoms with E-state index in [1.807, 2.05) is 0 Å². The molecule has 4 atom stereocenters. The predicted molar refractivity (Wildman–Crippen MR) is 66.0 cm³/mol. The fraction of sp³-hybridized carbons (Fsp3) is 1.00. The first-order valence-corrected chi connectivity index (χ1v) is 7.34. The van der Waals surface area contributed by atoms with E-state index >= 15 is 0 Å². The van der Waals surface area contributed by atoms with Gasteiger partial charge in [0.15, 0.2) is 0 Å². The molecule has 0 aromatic heterocycles. The second kappa shape index (κ2) is 4.67. The van der Waals surface area contributed by atoms with Gasteiger partial charge in [0.2, 0.25) is 0 Å². The van der Waals surface area contributed by atoms with Gasteiger partial charge in [0.25, 0.3) is 0 Å². The van der Waals surface area contributed by atoms with Crippen LogP contribution in [-0.2, 0) is 23.7 Å². The molecule has 0 aromatic rings. The standard InChI is InChI=1S/C14H22O5/c1-14-12(17-7-10-5-15-10)2-9(4-19-14)3-13(14)18-8-11-6-16-11/h9-13H,2-8H2,1H3. The summed E-state index contributed by atoms with van der Waals surface area (Å²) in [6, 6.07) is 0. The molecule has 4 saturated heterocycles. The minimum atomic E-state index is -0.307. The number of hydrogen-bond acceptors (Lipinski definition) is 5. The van der Waals surface area contributed by atoms with E-state index in [2.05, 4.69) is 6.92 Å². The topological polar surface area (TPSA) is 52.8 Å². The highest BCUT2D eigenvalue weighted by Gasteiger charge is 2.54. The van der Waals surface area contributed by atoms with Crippen molar-refractivity contribution in [3.8, 4) is 0 Å². The van der Waals surface area contributed by atoms with Crippen LogP contribution in [0.4, 0.5) is 0 Å². The normalized spacial score (nSPS) is 51.3. The lowest BCUT2D eigenvalue weighted by Gasteiger charge is -2.53. The zero-order valence-electron chi connectivity index (χ0n) is 11.4. The van der Waals surface area contributed by atoms with Crippen LogP contribution in [0.2, 0.25) is 0 Å². The summed E-state index contributed by atoms with van der Waals surface area (Å²) in [5.41, 5.74) is -0.307. The van der Waals surface area contributed by atoms with Crippen LogP contribution in [0.3, 0.4) is 0 Å². The maximum atomic E-state index is 6.06. The first-order valence-electron chi connectivity index (χ1n) is 7.34. The third kappa shape index (κ3) is 2.54. The van der Waals surface area contributed by atoms with Crippen LogP contribution in [0.15, 0.2) is 0 Å². The van der Waals surface area contributed by atoms with Crippen molar-refractivity contribution in [2.24, 2.45) is 5.92 Å². The molecule has 5 aliphatic rings. The fourth-order valence-electron chi connectivity index (χ4n) is 3.24. The number of hydrogen-bond donors (Lipinski definition) is 0. The van der Waals surface area contributed by atoms with Crippen LogP contribution in [-0.4, -0.2) is 63.1 Å². The first-order chi connectivity index (χ1) is 9.24. The Hall–Kier alpha value is -0.200. The van der Waals surface area contributed by atoms with Gasteiger partial charge in [-0.3, -0.25) is 0 Å². The van der Waals surface area contributed by atoms with Crippen molar-refractivity contribution < 1.29 is 23.7 Å². The van der Waals surface area contributed by atoms with Gasteiger partial charge in [-0.15, -0.1) is 0 Å². The first kappa shape index (κ1) is 12.5. The van der Waals surface area contributed by atoms with Crippen LogP contribution in [0, 0.1) is 5.92 Å². The number of ether oxygens (including phenoxy) is 5. The Bertz CT molecular complexity index is 313. The zero-order valence-corrected chi connectivity index (χ0v) is 11.4. The smallest absolute Gasteiger partial charge is 0.117 e. The molecule has 5 heteroatoms. The van der Waals surface area contributed by atoms with Gasteiger partial charge in [0.05, 0.1) is 45.2 Å². The molecule has 5 rings (SSSR count). The molecular formula is C14H22O5. The molecule has 0 N–H and O–H groups in total. The molecular weight excluding hydrogens is 248 g/mol. The highest BCUT2D eigenvalue weighted by molar-refractivity contribution is 5.03. The van der Waals surface area contributed by atoms with E-state index in [-0.39, 0.29) is 17.8 Å². The zero-order chi connectivity index (χ0) is 12.9. The van der Waals surface area contributed by atoms with Crippen molar-refractivity contribution in [2.45, 2.75) is 49.8 Å². The monoisotopic (exact) mass is 270 g/mol. The fourth-order valence-corrected chi connectivity index (χ4v) is 3.24. The molecule has 2 bridgehead atoms. The molecule has 0 radical (unpaired) electrons. The van der Waals surface area contributed by atoms with Crippen molar-refractivity contribution in [3.63, 3.8) is 0 Å². The summed E-state index contributed by atoms with van der Waals surface area (Å²) in [7, 11) is 0. The van der Waals surface area contributed by atoms with Gasteiger partial charge in [-0.05, 0) is 25.7 Å². The Labute approximate surface area is 113 Å². The van der Waals surface area contributed by atoms with Crippen LogP contribution in [0.25, 0.3) is 0 Å². The molecule has 19 heavy (non-hydrogen) atoms. The highest BCUT2D eigenvalue weighted by atomic mass is 16.6. The molecule has 5 fully saturated rings. The van der Waals surface area contributed by atoms with Gasteiger partial charge >= 0.3 is 0 Å². The van der Waals surface area contributed by atoms with E-state index in [1.54, 1.807) is 0 Å². The van der Waals surface area contributed by atoms with Crippen LogP contribution >= 0.6 is 0 Å². The summed E-state index contributed by atoms with van der Waals surface area (Å²) >= 11 is 0. The van der Waals surface area contributed by atoms with E-state index in [1.165, 1.54) is 0 Å². The molecule has 0 aromatic carbocycles.